The van der Waals surface area contributed by atoms with Gasteiger partial charge < -0.3 is 10.5 Å². The number of halogens is 4. The molecule has 222 valence electrons. The summed E-state index contributed by atoms with van der Waals surface area (Å²) in [6.07, 6.45) is -3.96. The Kier molecular flexibility index (Phi) is 7.82. The highest BCUT2D eigenvalue weighted by molar-refractivity contribution is 6.30. The number of anilines is 1. The highest BCUT2D eigenvalue weighted by Crippen LogP contribution is 2.51. The van der Waals surface area contributed by atoms with Gasteiger partial charge in [-0.3, -0.25) is 9.69 Å². The van der Waals surface area contributed by atoms with E-state index in [1.165, 1.54) is 17.0 Å². The number of ether oxygens (including phenoxy) is 1. The predicted octanol–water partition coefficient (Wildman–Crippen LogP) is 8.50. The van der Waals surface area contributed by atoms with Crippen molar-refractivity contribution in [3.63, 3.8) is 0 Å². The third-order valence-electron chi connectivity index (χ3n) is 8.03. The first-order chi connectivity index (χ1) is 20.2. The molecule has 1 heterocycles. The molecule has 9 heteroatoms. The number of alkyl halides is 3. The molecule has 3 aromatic carbocycles. The van der Waals surface area contributed by atoms with Crippen LogP contribution in [0.4, 0.5) is 18.9 Å². The highest BCUT2D eigenvalue weighted by atomic mass is 35.5. The number of aryl methyl sites for hydroxylation is 1. The van der Waals surface area contributed by atoms with E-state index in [-0.39, 0.29) is 35.9 Å². The van der Waals surface area contributed by atoms with Crippen LogP contribution >= 0.6 is 11.6 Å². The summed E-state index contributed by atoms with van der Waals surface area (Å²) in [5.74, 6) is -0.290. The number of Topliss-reactive ketones (excluding diaryl/α,β-unsaturated/α-hetero) is 1. The number of benzene rings is 3. The Bertz CT molecular complexity index is 1720. The summed E-state index contributed by atoms with van der Waals surface area (Å²) >= 11 is 6.00. The summed E-state index contributed by atoms with van der Waals surface area (Å²) in [4.78, 5) is 15.4. The van der Waals surface area contributed by atoms with Crippen molar-refractivity contribution in [1.82, 2.24) is 0 Å². The highest BCUT2D eigenvalue weighted by Gasteiger charge is 2.45. The normalized spacial score (nSPS) is 18.4. The lowest BCUT2D eigenvalue weighted by atomic mass is 9.68. The Hall–Kier alpha value is -4.22. The molecule has 5 rings (SSSR count). The molecule has 0 amide bonds. The van der Waals surface area contributed by atoms with Crippen LogP contribution in [0, 0.1) is 30.6 Å². The summed E-state index contributed by atoms with van der Waals surface area (Å²) in [6, 6.07) is 18.0. The van der Waals surface area contributed by atoms with Gasteiger partial charge in [0.05, 0.1) is 23.1 Å². The number of carbonyl (C=O) groups excluding carboxylic acids is 1. The van der Waals surface area contributed by atoms with Crippen molar-refractivity contribution in [3.05, 3.63) is 116 Å². The zero-order chi connectivity index (χ0) is 31.3. The number of rotatable bonds is 5. The Morgan fingerprint density at radius 1 is 1.09 bits per heavy atom. The summed E-state index contributed by atoms with van der Waals surface area (Å²) in [5, 5.41) is 11.1. The third kappa shape index (κ3) is 5.87. The predicted molar refractivity (Wildman–Crippen MR) is 160 cm³/mol. The molecule has 43 heavy (non-hydrogen) atoms. The van der Waals surface area contributed by atoms with E-state index in [0.29, 0.717) is 28.5 Å². The monoisotopic (exact) mass is 605 g/mol. The average Bonchev–Trinajstić information content (AvgIpc) is 2.92. The molecule has 2 N–H and O–H groups in total. The van der Waals surface area contributed by atoms with E-state index >= 15 is 0 Å². The maximum Gasteiger partial charge on any atom is 0.416 e. The van der Waals surface area contributed by atoms with Crippen molar-refractivity contribution in [1.29, 1.82) is 5.26 Å². The molecular formula is C34H31ClF3N3O2. The number of nitrogens with two attached hydrogens (primary N) is 1. The van der Waals surface area contributed by atoms with E-state index in [2.05, 4.69) is 6.07 Å². The minimum Gasteiger partial charge on any atom is -0.489 e. The van der Waals surface area contributed by atoms with Gasteiger partial charge in [-0.05, 0) is 84.8 Å². The number of ketones is 1. The number of carbonyl (C=O) groups is 1. The van der Waals surface area contributed by atoms with E-state index in [1.54, 1.807) is 24.3 Å². The second-order valence-electron chi connectivity index (χ2n) is 11.9. The third-order valence-corrected chi connectivity index (χ3v) is 8.28. The van der Waals surface area contributed by atoms with Gasteiger partial charge in [-0.1, -0.05) is 49.2 Å². The lowest BCUT2D eigenvalue weighted by molar-refractivity contribution is -0.137. The molecule has 1 unspecified atom stereocenters. The Balaban J connectivity index is 1.68. The molecular weight excluding hydrogens is 575 g/mol. The fourth-order valence-corrected chi connectivity index (χ4v) is 6.17. The molecule has 0 saturated carbocycles. The molecule has 0 saturated heterocycles. The first kappa shape index (κ1) is 30.2. The zero-order valence-electron chi connectivity index (χ0n) is 24.3. The molecule has 1 aliphatic carbocycles. The zero-order valence-corrected chi connectivity index (χ0v) is 25.0. The van der Waals surface area contributed by atoms with Gasteiger partial charge in [0.15, 0.2) is 5.78 Å². The van der Waals surface area contributed by atoms with Crippen LogP contribution in [0.2, 0.25) is 5.02 Å². The van der Waals surface area contributed by atoms with Crippen molar-refractivity contribution in [2.24, 2.45) is 11.1 Å². The summed E-state index contributed by atoms with van der Waals surface area (Å²) in [7, 11) is 0. The van der Waals surface area contributed by atoms with Gasteiger partial charge >= 0.3 is 6.18 Å². The number of allylic oxidation sites excluding steroid dienone is 3. The van der Waals surface area contributed by atoms with Crippen LogP contribution in [-0.4, -0.2) is 5.78 Å². The van der Waals surface area contributed by atoms with Crippen LogP contribution in [0.15, 0.2) is 83.3 Å². The largest absolute Gasteiger partial charge is 0.489 e. The topological polar surface area (TPSA) is 79.3 Å². The molecule has 1 aliphatic heterocycles. The Labute approximate surface area is 254 Å². The number of hydrogen-bond acceptors (Lipinski definition) is 5. The summed E-state index contributed by atoms with van der Waals surface area (Å²) in [6.45, 7) is 7.96. The van der Waals surface area contributed by atoms with Crippen LogP contribution < -0.4 is 15.4 Å². The van der Waals surface area contributed by atoms with Gasteiger partial charge in [0.25, 0.3) is 0 Å². The van der Waals surface area contributed by atoms with Crippen LogP contribution in [0.1, 0.15) is 60.4 Å². The average molecular weight is 606 g/mol. The van der Waals surface area contributed by atoms with Crippen molar-refractivity contribution in [2.45, 2.75) is 59.2 Å². The maximum absolute atomic E-state index is 13.9. The van der Waals surface area contributed by atoms with Gasteiger partial charge in [0.2, 0.25) is 0 Å². The van der Waals surface area contributed by atoms with E-state index < -0.39 is 23.1 Å². The maximum atomic E-state index is 13.9. The molecule has 0 radical (unpaired) electrons. The summed E-state index contributed by atoms with van der Waals surface area (Å²) in [5.41, 5.74) is 9.88. The van der Waals surface area contributed by atoms with Gasteiger partial charge in [0, 0.05) is 28.4 Å². The fraction of sp³-hybridized carbons (Fsp3) is 0.294. The SMILES string of the molecule is Cc1cc(COc2ccc(Cl)cc2)c(C)c(C2C(C#N)=C(N)N(c3cccc(C(F)(F)F)c3)C3=C2C(=O)CC(C)(C)C3)c1. The van der Waals surface area contributed by atoms with Crippen LogP contribution in [0.3, 0.4) is 0 Å². The smallest absolute Gasteiger partial charge is 0.416 e. The second kappa shape index (κ2) is 11.1. The number of nitriles is 1. The molecule has 0 spiro atoms. The van der Waals surface area contributed by atoms with Crippen molar-refractivity contribution >= 4 is 23.1 Å². The van der Waals surface area contributed by atoms with Crippen LogP contribution in [-0.2, 0) is 17.6 Å². The molecule has 2 aliphatic rings. The molecule has 3 aromatic rings. The van der Waals surface area contributed by atoms with E-state index in [1.807, 2.05) is 39.8 Å². The summed E-state index contributed by atoms with van der Waals surface area (Å²) < 4.78 is 47.1. The molecule has 1 atom stereocenters. The Morgan fingerprint density at radius 3 is 2.44 bits per heavy atom. The van der Waals surface area contributed by atoms with Gasteiger partial charge in [-0.15, -0.1) is 0 Å². The van der Waals surface area contributed by atoms with Crippen LogP contribution in [0.25, 0.3) is 0 Å². The lowest BCUT2D eigenvalue weighted by Crippen LogP contribution is -2.42. The quantitative estimate of drug-likeness (QED) is 0.315. The van der Waals surface area contributed by atoms with Crippen molar-refractivity contribution < 1.29 is 22.7 Å². The first-order valence-corrected chi connectivity index (χ1v) is 14.2. The number of hydrogen-bond donors (Lipinski definition) is 1. The molecule has 0 aromatic heterocycles. The van der Waals surface area contributed by atoms with Gasteiger partial charge in [0.1, 0.15) is 18.2 Å². The second-order valence-corrected chi connectivity index (χ2v) is 12.3. The lowest BCUT2D eigenvalue weighted by Gasteiger charge is -2.44. The minimum atomic E-state index is -4.58. The van der Waals surface area contributed by atoms with E-state index in [9.17, 15) is 23.2 Å². The van der Waals surface area contributed by atoms with Crippen LogP contribution in [0.5, 0.6) is 5.75 Å². The molecule has 0 fully saturated rings. The van der Waals surface area contributed by atoms with E-state index in [0.717, 1.165) is 34.4 Å². The van der Waals surface area contributed by atoms with Gasteiger partial charge in [-0.25, -0.2) is 0 Å². The standard InChI is InChI=1S/C34H31ClF3N3O2/c1-19-12-21(18-43-25-10-8-23(35)9-11-25)20(2)26(13-19)30-27(17-39)32(40)41(24-7-5-6-22(14-24)34(36,37)38)28-15-33(3,4)16-29(42)31(28)30/h5-14,30H,15-16,18,40H2,1-4H3. The Morgan fingerprint density at radius 2 is 1.79 bits per heavy atom. The molecule has 5 nitrogen and oxygen atoms in total. The van der Waals surface area contributed by atoms with E-state index in [4.69, 9.17) is 22.1 Å². The van der Waals surface area contributed by atoms with Crippen molar-refractivity contribution in [2.75, 3.05) is 4.90 Å². The minimum absolute atomic E-state index is 0.0101. The number of nitrogens with zero attached hydrogens (tertiary/aromatic N) is 2. The van der Waals surface area contributed by atoms with Gasteiger partial charge in [-0.2, -0.15) is 18.4 Å². The molecule has 0 bridgehead atoms. The van der Waals surface area contributed by atoms with Crippen molar-refractivity contribution in [3.8, 4) is 11.8 Å². The fourth-order valence-electron chi connectivity index (χ4n) is 6.04. The first-order valence-electron chi connectivity index (χ1n) is 13.8.